The largest absolute Gasteiger partial charge is 0.462 e. The number of pyridine rings is 2. The van der Waals surface area contributed by atoms with Crippen molar-refractivity contribution in [3.05, 3.63) is 97.0 Å². The second-order valence-electron chi connectivity index (χ2n) is 7.66. The van der Waals surface area contributed by atoms with Gasteiger partial charge >= 0.3 is 0 Å². The minimum absolute atomic E-state index is 0.815. The zero-order valence-corrected chi connectivity index (χ0v) is 16.5. The van der Waals surface area contributed by atoms with Crippen molar-refractivity contribution in [1.29, 1.82) is 0 Å². The molecule has 3 heteroatoms. The average Bonchev–Trinajstić information content (AvgIpc) is 3.27. The van der Waals surface area contributed by atoms with E-state index in [9.17, 15) is 0 Å². The third-order valence-corrected chi connectivity index (χ3v) is 5.67. The molecule has 0 unspecified atom stereocenters. The van der Waals surface area contributed by atoms with Gasteiger partial charge < -0.3 is 4.42 Å². The highest BCUT2D eigenvalue weighted by Gasteiger charge is 2.13. The zero-order chi connectivity index (χ0) is 20.1. The van der Waals surface area contributed by atoms with Gasteiger partial charge in [0.05, 0.1) is 12.0 Å². The van der Waals surface area contributed by atoms with Crippen molar-refractivity contribution in [2.75, 3.05) is 0 Å². The number of furan rings is 1. The molecule has 0 N–H and O–H groups in total. The lowest BCUT2D eigenvalue weighted by molar-refractivity contribution is 0.618. The highest BCUT2D eigenvalue weighted by Crippen LogP contribution is 2.35. The Morgan fingerprint density at radius 3 is 2.53 bits per heavy atom. The van der Waals surface area contributed by atoms with Gasteiger partial charge in [-0.15, -0.1) is 0 Å². The van der Waals surface area contributed by atoms with E-state index >= 15 is 0 Å². The van der Waals surface area contributed by atoms with E-state index in [0.29, 0.717) is 0 Å². The molecule has 0 fully saturated rings. The predicted octanol–water partition coefficient (Wildman–Crippen LogP) is 7.17. The number of hydrogen-bond acceptors (Lipinski definition) is 3. The SMILES string of the molecule is Cc1ccc2cc(-c3ccnc(-c4cc5ccoc5c5ncccc45)c3)ccc2c1. The molecule has 30 heavy (non-hydrogen) atoms. The third-order valence-electron chi connectivity index (χ3n) is 5.67. The molecule has 142 valence electrons. The molecule has 6 rings (SSSR count). The van der Waals surface area contributed by atoms with Crippen molar-refractivity contribution >= 4 is 32.6 Å². The van der Waals surface area contributed by atoms with Crippen LogP contribution in [0.2, 0.25) is 0 Å². The lowest BCUT2D eigenvalue weighted by Gasteiger charge is -2.09. The first kappa shape index (κ1) is 16.9. The van der Waals surface area contributed by atoms with Crippen LogP contribution in [-0.4, -0.2) is 9.97 Å². The average molecular weight is 386 g/mol. The second kappa shape index (κ2) is 6.53. The first-order chi connectivity index (χ1) is 14.8. The van der Waals surface area contributed by atoms with E-state index in [-0.39, 0.29) is 0 Å². The number of hydrogen-bond donors (Lipinski definition) is 0. The highest BCUT2D eigenvalue weighted by molar-refractivity contribution is 6.09. The van der Waals surface area contributed by atoms with Crippen LogP contribution in [0.15, 0.2) is 95.9 Å². The van der Waals surface area contributed by atoms with E-state index in [1.165, 1.54) is 21.9 Å². The quantitative estimate of drug-likeness (QED) is 0.317. The predicted molar refractivity (Wildman–Crippen MR) is 122 cm³/mol. The van der Waals surface area contributed by atoms with Gasteiger partial charge in [0.1, 0.15) is 5.52 Å². The van der Waals surface area contributed by atoms with Crippen molar-refractivity contribution in [3.63, 3.8) is 0 Å². The first-order valence-electron chi connectivity index (χ1n) is 9.98. The van der Waals surface area contributed by atoms with Crippen LogP contribution in [-0.2, 0) is 0 Å². The number of nitrogens with zero attached hydrogens (tertiary/aromatic N) is 2. The molecule has 0 radical (unpaired) electrons. The minimum atomic E-state index is 0.815. The summed E-state index contributed by atoms with van der Waals surface area (Å²) >= 11 is 0. The molecule has 0 amide bonds. The van der Waals surface area contributed by atoms with Gasteiger partial charge in [0.15, 0.2) is 5.58 Å². The lowest BCUT2D eigenvalue weighted by Crippen LogP contribution is -1.89. The van der Waals surface area contributed by atoms with Crippen molar-refractivity contribution in [3.8, 4) is 22.4 Å². The van der Waals surface area contributed by atoms with Crippen LogP contribution in [0.3, 0.4) is 0 Å². The van der Waals surface area contributed by atoms with Crippen molar-refractivity contribution in [2.45, 2.75) is 6.92 Å². The first-order valence-corrected chi connectivity index (χ1v) is 9.98. The summed E-state index contributed by atoms with van der Waals surface area (Å²) in [6.07, 6.45) is 5.39. The summed E-state index contributed by atoms with van der Waals surface area (Å²) in [6, 6.07) is 25.5. The Morgan fingerprint density at radius 2 is 1.57 bits per heavy atom. The van der Waals surface area contributed by atoms with Crippen molar-refractivity contribution in [2.24, 2.45) is 0 Å². The molecule has 0 saturated carbocycles. The summed E-state index contributed by atoms with van der Waals surface area (Å²) in [4.78, 5) is 9.26. The van der Waals surface area contributed by atoms with Gasteiger partial charge in [0.25, 0.3) is 0 Å². The molecule has 0 atom stereocenters. The topological polar surface area (TPSA) is 38.9 Å². The molecule has 3 nitrogen and oxygen atoms in total. The van der Waals surface area contributed by atoms with Crippen LogP contribution in [0, 0.1) is 6.92 Å². The summed E-state index contributed by atoms with van der Waals surface area (Å²) in [5.74, 6) is 0. The maximum atomic E-state index is 5.68. The lowest BCUT2D eigenvalue weighted by atomic mass is 9.97. The van der Waals surface area contributed by atoms with Crippen LogP contribution in [0.1, 0.15) is 5.56 Å². The van der Waals surface area contributed by atoms with Crippen molar-refractivity contribution in [1.82, 2.24) is 9.97 Å². The maximum absolute atomic E-state index is 5.68. The molecular formula is C27H18N2O. The summed E-state index contributed by atoms with van der Waals surface area (Å²) < 4.78 is 5.68. The molecule has 0 aliphatic rings. The van der Waals surface area contributed by atoms with Crippen molar-refractivity contribution < 1.29 is 4.42 Å². The highest BCUT2D eigenvalue weighted by atomic mass is 16.3. The Balaban J connectivity index is 1.54. The summed E-state index contributed by atoms with van der Waals surface area (Å²) in [7, 11) is 0. The van der Waals surface area contributed by atoms with Crippen LogP contribution >= 0.6 is 0 Å². The summed E-state index contributed by atoms with van der Waals surface area (Å²) in [6.45, 7) is 2.12. The second-order valence-corrected chi connectivity index (χ2v) is 7.66. The number of aryl methyl sites for hydroxylation is 1. The summed E-state index contributed by atoms with van der Waals surface area (Å²) in [5, 5.41) is 4.57. The van der Waals surface area contributed by atoms with Gasteiger partial charge in [0.2, 0.25) is 0 Å². The number of benzene rings is 3. The molecule has 0 aliphatic heterocycles. The molecule has 3 aromatic heterocycles. The van der Waals surface area contributed by atoms with Gasteiger partial charge in [-0.25, -0.2) is 0 Å². The molecule has 0 bridgehead atoms. The van der Waals surface area contributed by atoms with E-state index in [4.69, 9.17) is 9.40 Å². The van der Waals surface area contributed by atoms with E-state index in [1.54, 1.807) is 12.5 Å². The van der Waals surface area contributed by atoms with Gasteiger partial charge in [-0.05, 0) is 65.2 Å². The summed E-state index contributed by atoms with van der Waals surface area (Å²) in [5.41, 5.74) is 7.27. The Kier molecular flexibility index (Phi) is 3.68. The van der Waals surface area contributed by atoms with Gasteiger partial charge in [-0.2, -0.15) is 0 Å². The van der Waals surface area contributed by atoms with E-state index in [0.717, 1.165) is 38.7 Å². The Bertz CT molecular complexity index is 1560. The smallest absolute Gasteiger partial charge is 0.160 e. The minimum Gasteiger partial charge on any atom is -0.462 e. The molecule has 3 heterocycles. The molecule has 6 aromatic rings. The molecule has 0 spiro atoms. The number of aromatic nitrogens is 2. The van der Waals surface area contributed by atoms with E-state index in [1.807, 2.05) is 18.3 Å². The maximum Gasteiger partial charge on any atom is 0.160 e. The molecule has 0 aliphatic carbocycles. The van der Waals surface area contributed by atoms with Crippen LogP contribution in [0.4, 0.5) is 0 Å². The Morgan fingerprint density at radius 1 is 0.700 bits per heavy atom. The van der Waals surface area contributed by atoms with Crippen LogP contribution < -0.4 is 0 Å². The fraction of sp³-hybridized carbons (Fsp3) is 0.0370. The normalized spacial score (nSPS) is 11.5. The van der Waals surface area contributed by atoms with Crippen LogP contribution in [0.5, 0.6) is 0 Å². The standard InChI is InChI=1S/C27H18N2O/c1-17-4-5-19-14-20(7-6-18(19)13-17)21-8-11-28-25(16-21)24-15-22-9-12-30-27(22)26-23(24)3-2-10-29-26/h2-16H,1H3. The zero-order valence-electron chi connectivity index (χ0n) is 16.5. The fourth-order valence-electron chi connectivity index (χ4n) is 4.18. The Hall–Kier alpha value is -3.98. The monoisotopic (exact) mass is 386 g/mol. The van der Waals surface area contributed by atoms with Crippen LogP contribution in [0.25, 0.3) is 55.0 Å². The molecule has 0 saturated heterocycles. The Labute approximate surface area is 173 Å². The fourth-order valence-corrected chi connectivity index (χ4v) is 4.18. The van der Waals surface area contributed by atoms with Gasteiger partial charge in [-0.1, -0.05) is 42.0 Å². The van der Waals surface area contributed by atoms with Gasteiger partial charge in [-0.3, -0.25) is 9.97 Å². The van der Waals surface area contributed by atoms with E-state index in [2.05, 4.69) is 72.6 Å². The molecule has 3 aromatic carbocycles. The number of rotatable bonds is 2. The number of fused-ring (bicyclic) bond motifs is 4. The third kappa shape index (κ3) is 2.67. The molecular weight excluding hydrogens is 368 g/mol. The van der Waals surface area contributed by atoms with Gasteiger partial charge in [0, 0.05) is 28.7 Å². The van der Waals surface area contributed by atoms with E-state index < -0.39 is 0 Å².